The molecule has 0 saturated carbocycles. The summed E-state index contributed by atoms with van der Waals surface area (Å²) in [5.41, 5.74) is 0. The first-order valence-corrected chi connectivity index (χ1v) is 9.16. The van der Waals surface area contributed by atoms with E-state index in [-0.39, 0.29) is 29.8 Å². The van der Waals surface area contributed by atoms with Crippen molar-refractivity contribution in [2.24, 2.45) is 7.05 Å². The van der Waals surface area contributed by atoms with Crippen LogP contribution in [0.5, 0.6) is 0 Å². The van der Waals surface area contributed by atoms with Crippen molar-refractivity contribution in [2.75, 3.05) is 20.1 Å². The first kappa shape index (κ1) is 15.7. The van der Waals surface area contributed by atoms with Crippen LogP contribution in [0.3, 0.4) is 0 Å². The van der Waals surface area contributed by atoms with Crippen molar-refractivity contribution in [3.05, 3.63) is 11.3 Å². The molecule has 0 radical (unpaired) electrons. The van der Waals surface area contributed by atoms with Crippen LogP contribution < -0.4 is 4.72 Å². The standard InChI is InChI=1S/C9H15ClN4O4S2/c1-11-19(15,16)7-3-4-14(6-7)20(17,18)9-12-5-8(10)13(9)2/h5,7,11H,3-4,6H2,1-2H3. The van der Waals surface area contributed by atoms with E-state index in [1.54, 1.807) is 0 Å². The third-order valence-electron chi connectivity index (χ3n) is 3.29. The van der Waals surface area contributed by atoms with Crippen LogP contribution in [-0.4, -0.2) is 56.1 Å². The molecule has 1 aromatic rings. The Hall–Kier alpha value is -0.680. The lowest BCUT2D eigenvalue weighted by atomic mass is 10.4. The first-order chi connectivity index (χ1) is 9.20. The van der Waals surface area contributed by atoms with E-state index in [1.165, 1.54) is 24.9 Å². The maximum atomic E-state index is 12.4. The predicted molar refractivity (Wildman–Crippen MR) is 73.4 cm³/mol. The average Bonchev–Trinajstić information content (AvgIpc) is 2.99. The molecule has 0 spiro atoms. The zero-order chi connectivity index (χ0) is 15.1. The molecule has 1 atom stereocenters. The Morgan fingerprint density at radius 1 is 1.40 bits per heavy atom. The second-order valence-electron chi connectivity index (χ2n) is 4.45. The lowest BCUT2D eigenvalue weighted by Crippen LogP contribution is -2.36. The van der Waals surface area contributed by atoms with Crippen LogP contribution in [0.1, 0.15) is 6.42 Å². The Kier molecular flexibility index (Phi) is 4.13. The Labute approximate surface area is 122 Å². The van der Waals surface area contributed by atoms with Crippen LogP contribution in [-0.2, 0) is 27.1 Å². The minimum Gasteiger partial charge on any atom is -0.308 e. The number of sulfonamides is 2. The van der Waals surface area contributed by atoms with Gasteiger partial charge in [0, 0.05) is 20.1 Å². The van der Waals surface area contributed by atoms with Gasteiger partial charge in [0.25, 0.3) is 10.0 Å². The summed E-state index contributed by atoms with van der Waals surface area (Å²) in [6.07, 6.45) is 1.49. The van der Waals surface area contributed by atoms with Crippen LogP contribution in [0.4, 0.5) is 0 Å². The van der Waals surface area contributed by atoms with E-state index in [1.807, 2.05) is 0 Å². The number of rotatable bonds is 4. The monoisotopic (exact) mass is 342 g/mol. The van der Waals surface area contributed by atoms with Crippen molar-refractivity contribution in [3.63, 3.8) is 0 Å². The van der Waals surface area contributed by atoms with Crippen LogP contribution >= 0.6 is 11.6 Å². The number of hydrogen-bond donors (Lipinski definition) is 1. The molecule has 0 aliphatic carbocycles. The van der Waals surface area contributed by atoms with Gasteiger partial charge in [-0.1, -0.05) is 11.6 Å². The van der Waals surface area contributed by atoms with Gasteiger partial charge in [-0.3, -0.25) is 0 Å². The Morgan fingerprint density at radius 3 is 2.55 bits per heavy atom. The topological polar surface area (TPSA) is 101 Å². The molecular weight excluding hydrogens is 328 g/mol. The molecule has 1 aromatic heterocycles. The fourth-order valence-corrected chi connectivity index (χ4v) is 5.05. The van der Waals surface area contributed by atoms with Crippen molar-refractivity contribution < 1.29 is 16.8 Å². The Morgan fingerprint density at radius 2 is 2.05 bits per heavy atom. The van der Waals surface area contributed by atoms with E-state index >= 15 is 0 Å². The van der Waals surface area contributed by atoms with Gasteiger partial charge < -0.3 is 4.57 Å². The van der Waals surface area contributed by atoms with Gasteiger partial charge in [-0.05, 0) is 13.5 Å². The molecule has 0 amide bonds. The van der Waals surface area contributed by atoms with Gasteiger partial charge in [0.2, 0.25) is 15.2 Å². The van der Waals surface area contributed by atoms with Gasteiger partial charge in [-0.2, -0.15) is 4.31 Å². The van der Waals surface area contributed by atoms with Crippen molar-refractivity contribution in [3.8, 4) is 0 Å². The molecule has 1 aliphatic rings. The van der Waals surface area contributed by atoms with Crippen LogP contribution in [0.2, 0.25) is 5.15 Å². The first-order valence-electron chi connectivity index (χ1n) is 5.80. The fourth-order valence-electron chi connectivity index (χ4n) is 2.06. The molecule has 0 aromatic carbocycles. The molecule has 2 heterocycles. The van der Waals surface area contributed by atoms with Gasteiger partial charge in [0.15, 0.2) is 0 Å². The average molecular weight is 343 g/mol. The smallest absolute Gasteiger partial charge is 0.277 e. The zero-order valence-electron chi connectivity index (χ0n) is 10.9. The van der Waals surface area contributed by atoms with Gasteiger partial charge in [-0.25, -0.2) is 26.5 Å². The second kappa shape index (κ2) is 5.26. The molecule has 1 aliphatic heterocycles. The number of imidazole rings is 1. The maximum Gasteiger partial charge on any atom is 0.277 e. The van der Waals surface area contributed by atoms with E-state index in [0.29, 0.717) is 0 Å². The van der Waals surface area contributed by atoms with Gasteiger partial charge in [0.1, 0.15) is 5.15 Å². The van der Waals surface area contributed by atoms with Gasteiger partial charge >= 0.3 is 0 Å². The lowest BCUT2D eigenvalue weighted by molar-refractivity contribution is 0.465. The maximum absolute atomic E-state index is 12.4. The second-order valence-corrected chi connectivity index (χ2v) is 8.83. The molecule has 1 saturated heterocycles. The van der Waals surface area contributed by atoms with Crippen molar-refractivity contribution in [1.29, 1.82) is 0 Å². The minimum absolute atomic E-state index is 0.0873. The van der Waals surface area contributed by atoms with E-state index in [2.05, 4.69) is 9.71 Å². The molecule has 1 fully saturated rings. The minimum atomic E-state index is -3.84. The van der Waals surface area contributed by atoms with Gasteiger partial charge in [0.05, 0.1) is 11.4 Å². The third-order valence-corrected chi connectivity index (χ3v) is 7.33. The quantitative estimate of drug-likeness (QED) is 0.786. The van der Waals surface area contributed by atoms with Crippen molar-refractivity contribution in [1.82, 2.24) is 18.6 Å². The van der Waals surface area contributed by atoms with Crippen LogP contribution in [0.15, 0.2) is 11.4 Å². The number of hydrogen-bond acceptors (Lipinski definition) is 5. The molecule has 114 valence electrons. The zero-order valence-corrected chi connectivity index (χ0v) is 13.3. The molecule has 8 nitrogen and oxygen atoms in total. The third kappa shape index (κ3) is 2.58. The highest BCUT2D eigenvalue weighted by molar-refractivity contribution is 7.90. The fraction of sp³-hybridized carbons (Fsp3) is 0.667. The van der Waals surface area contributed by atoms with E-state index < -0.39 is 25.3 Å². The van der Waals surface area contributed by atoms with E-state index in [9.17, 15) is 16.8 Å². The summed E-state index contributed by atoms with van der Waals surface area (Å²) in [7, 11) is -4.53. The number of aromatic nitrogens is 2. The molecule has 11 heteroatoms. The molecule has 1 N–H and O–H groups in total. The number of halogens is 1. The summed E-state index contributed by atoms with van der Waals surface area (Å²) >= 11 is 5.78. The highest BCUT2D eigenvalue weighted by atomic mass is 35.5. The highest BCUT2D eigenvalue weighted by Crippen LogP contribution is 2.24. The molecule has 2 rings (SSSR count). The summed E-state index contributed by atoms with van der Waals surface area (Å²) in [6.45, 7) is 0.0500. The summed E-state index contributed by atoms with van der Waals surface area (Å²) < 4.78 is 52.8. The molecule has 1 unspecified atom stereocenters. The summed E-state index contributed by atoms with van der Waals surface area (Å²) in [4.78, 5) is 3.78. The van der Waals surface area contributed by atoms with E-state index in [4.69, 9.17) is 11.6 Å². The van der Waals surface area contributed by atoms with E-state index in [0.717, 1.165) is 4.31 Å². The Balaban J connectivity index is 2.28. The van der Waals surface area contributed by atoms with Crippen LogP contribution in [0.25, 0.3) is 0 Å². The lowest BCUT2D eigenvalue weighted by Gasteiger charge is -2.16. The summed E-state index contributed by atoms with van der Waals surface area (Å²) in [6, 6.07) is 0. The van der Waals surface area contributed by atoms with Crippen molar-refractivity contribution in [2.45, 2.75) is 16.8 Å². The molecular formula is C9H15ClN4O4S2. The Bertz CT molecular complexity index is 712. The number of nitrogens with one attached hydrogen (secondary N) is 1. The molecule has 0 bridgehead atoms. The SMILES string of the molecule is CNS(=O)(=O)C1CCN(S(=O)(=O)c2ncc(Cl)n2C)C1. The highest BCUT2D eigenvalue weighted by Gasteiger charge is 2.40. The van der Waals surface area contributed by atoms with Crippen molar-refractivity contribution >= 4 is 31.6 Å². The predicted octanol–water partition coefficient (Wildman–Crippen LogP) is -0.614. The van der Waals surface area contributed by atoms with Gasteiger partial charge in [-0.15, -0.1) is 0 Å². The summed E-state index contributed by atoms with van der Waals surface area (Å²) in [5.74, 6) is 0. The normalized spacial score (nSPS) is 21.4. The molecule has 20 heavy (non-hydrogen) atoms. The number of nitrogens with zero attached hydrogens (tertiary/aromatic N) is 3. The summed E-state index contributed by atoms with van der Waals surface area (Å²) in [5, 5.41) is -0.745. The largest absolute Gasteiger partial charge is 0.308 e. The van der Waals surface area contributed by atoms with Crippen LogP contribution in [0, 0.1) is 0 Å².